The summed E-state index contributed by atoms with van der Waals surface area (Å²) in [6.07, 6.45) is 23.6. The molecule has 7 unspecified atom stereocenters. The molecule has 0 radical (unpaired) electrons. The SMILES string of the molecule is C#CC.CC.CC12CCC3C4CCCCC4=CCC3C1CCC2CCP.[HH]. The molecule has 0 spiro atoms. The molecule has 1 heteroatoms. The summed E-state index contributed by atoms with van der Waals surface area (Å²) >= 11 is 0. The highest BCUT2D eigenvalue weighted by atomic mass is 31.0. The van der Waals surface area contributed by atoms with E-state index in [0.29, 0.717) is 5.41 Å². The van der Waals surface area contributed by atoms with Crippen molar-refractivity contribution in [3.63, 3.8) is 0 Å². The highest BCUT2D eigenvalue weighted by Gasteiger charge is 2.55. The third-order valence-corrected chi connectivity index (χ3v) is 8.41. The van der Waals surface area contributed by atoms with Gasteiger partial charge in [0.05, 0.1) is 0 Å². The summed E-state index contributed by atoms with van der Waals surface area (Å²) in [6, 6.07) is 0. The molecule has 0 aromatic carbocycles. The molecule has 150 valence electrons. The van der Waals surface area contributed by atoms with Crippen LogP contribution in [0.25, 0.3) is 0 Å². The molecule has 0 aliphatic heterocycles. The zero-order chi connectivity index (χ0) is 19.2. The minimum absolute atomic E-state index is 0. The van der Waals surface area contributed by atoms with Crippen LogP contribution in [0.4, 0.5) is 0 Å². The molecule has 3 fully saturated rings. The van der Waals surface area contributed by atoms with E-state index >= 15 is 0 Å². The highest BCUT2D eigenvalue weighted by Crippen LogP contribution is 2.63. The Morgan fingerprint density at radius 2 is 1.92 bits per heavy atom. The van der Waals surface area contributed by atoms with Crippen molar-refractivity contribution in [1.29, 1.82) is 0 Å². The summed E-state index contributed by atoms with van der Waals surface area (Å²) in [6.45, 7) is 8.33. The molecule has 0 N–H and O–H groups in total. The fourth-order valence-electron chi connectivity index (χ4n) is 7.03. The lowest BCUT2D eigenvalue weighted by Crippen LogP contribution is -2.45. The zero-order valence-corrected chi connectivity index (χ0v) is 19.1. The Morgan fingerprint density at radius 3 is 2.62 bits per heavy atom. The van der Waals surface area contributed by atoms with E-state index in [2.05, 4.69) is 34.6 Å². The van der Waals surface area contributed by atoms with Crippen LogP contribution in [0.5, 0.6) is 0 Å². The molecule has 0 aromatic rings. The predicted octanol–water partition coefficient (Wildman–Crippen LogP) is 7.74. The zero-order valence-electron chi connectivity index (χ0n) is 17.9. The first kappa shape index (κ1) is 22.0. The van der Waals surface area contributed by atoms with E-state index in [9.17, 15) is 0 Å². The van der Waals surface area contributed by atoms with Gasteiger partial charge in [-0.25, -0.2) is 0 Å². The molecular weight excluding hydrogens is 331 g/mol. The summed E-state index contributed by atoms with van der Waals surface area (Å²) in [7, 11) is 2.97. The number of fused-ring (bicyclic) bond motifs is 5. The predicted molar refractivity (Wildman–Crippen MR) is 122 cm³/mol. The smallest absolute Gasteiger partial charge is 0 e. The molecule has 26 heavy (non-hydrogen) atoms. The summed E-state index contributed by atoms with van der Waals surface area (Å²) < 4.78 is 0. The van der Waals surface area contributed by atoms with Gasteiger partial charge >= 0.3 is 0 Å². The fourth-order valence-corrected chi connectivity index (χ4v) is 7.44. The summed E-state index contributed by atoms with van der Waals surface area (Å²) in [5.74, 6) is 7.45. The van der Waals surface area contributed by atoms with Crippen LogP contribution >= 0.6 is 9.24 Å². The van der Waals surface area contributed by atoms with Crippen LogP contribution in [0, 0.1) is 47.3 Å². The van der Waals surface area contributed by atoms with E-state index in [1.807, 2.05) is 19.4 Å². The monoisotopic (exact) mass is 376 g/mol. The van der Waals surface area contributed by atoms with Crippen LogP contribution in [-0.2, 0) is 0 Å². The summed E-state index contributed by atoms with van der Waals surface area (Å²) in [5.41, 5.74) is 2.57. The molecule has 4 aliphatic rings. The number of hydrogen-bond acceptors (Lipinski definition) is 0. The molecule has 4 rings (SSSR count). The quantitative estimate of drug-likeness (QED) is 0.262. The molecule has 0 amide bonds. The largest absolute Gasteiger partial charge is 0.138 e. The highest BCUT2D eigenvalue weighted by molar-refractivity contribution is 7.16. The van der Waals surface area contributed by atoms with E-state index in [1.54, 1.807) is 19.8 Å². The van der Waals surface area contributed by atoms with Crippen molar-refractivity contribution in [2.75, 3.05) is 6.16 Å². The van der Waals surface area contributed by atoms with Crippen LogP contribution in [0.2, 0.25) is 0 Å². The van der Waals surface area contributed by atoms with Crippen molar-refractivity contribution in [2.24, 2.45) is 35.0 Å². The van der Waals surface area contributed by atoms with E-state index in [-0.39, 0.29) is 1.43 Å². The van der Waals surface area contributed by atoms with E-state index < -0.39 is 0 Å². The first-order chi connectivity index (χ1) is 12.7. The topological polar surface area (TPSA) is 0 Å². The number of allylic oxidation sites excluding steroid dienone is 2. The van der Waals surface area contributed by atoms with Gasteiger partial charge in [0.2, 0.25) is 0 Å². The van der Waals surface area contributed by atoms with Crippen LogP contribution in [0.1, 0.15) is 93.3 Å². The Bertz CT molecular complexity index is 505. The normalized spacial score (nSPS) is 40.2. The van der Waals surface area contributed by atoms with Crippen molar-refractivity contribution in [3.05, 3.63) is 11.6 Å². The van der Waals surface area contributed by atoms with E-state index in [1.165, 1.54) is 57.5 Å². The molecule has 0 bridgehead atoms. The third-order valence-electron chi connectivity index (χ3n) is 8.08. The minimum Gasteiger partial charge on any atom is -0.138 e. The first-order valence-corrected chi connectivity index (χ1v) is 12.2. The second-order valence-corrected chi connectivity index (χ2v) is 9.56. The molecular formula is C25H45P. The maximum Gasteiger partial charge on any atom is 0 e. The summed E-state index contributed by atoms with van der Waals surface area (Å²) in [4.78, 5) is 0. The standard InChI is InChI=1S/C20H33P.C3H4.C2H6.H2/c1-20-12-10-17-16-5-3-2-4-14(16)6-8-18(17)19(20)9-7-15(20)11-13-21;1-3-2;1-2;/h6,15-19H,2-5,7-13,21H2,1H3;1H,2H3;1-2H3;1H. The average molecular weight is 377 g/mol. The van der Waals surface area contributed by atoms with Crippen molar-refractivity contribution in [1.82, 2.24) is 0 Å². The molecule has 0 saturated heterocycles. The first-order valence-electron chi connectivity index (χ1n) is 11.4. The molecule has 4 aliphatic carbocycles. The molecule has 0 aromatic heterocycles. The number of hydrogen-bond donors (Lipinski definition) is 0. The van der Waals surface area contributed by atoms with E-state index in [0.717, 1.165) is 29.6 Å². The van der Waals surface area contributed by atoms with Gasteiger partial charge in [0.25, 0.3) is 0 Å². The lowest BCUT2D eigenvalue weighted by molar-refractivity contribution is -0.0125. The van der Waals surface area contributed by atoms with Gasteiger partial charge in [0.1, 0.15) is 0 Å². The maximum absolute atomic E-state index is 4.60. The second kappa shape index (κ2) is 10.3. The molecule has 0 nitrogen and oxygen atoms in total. The summed E-state index contributed by atoms with van der Waals surface area (Å²) in [5, 5.41) is 0. The van der Waals surface area contributed by atoms with Gasteiger partial charge in [-0.1, -0.05) is 38.8 Å². The van der Waals surface area contributed by atoms with E-state index in [4.69, 9.17) is 0 Å². The van der Waals surface area contributed by atoms with Gasteiger partial charge in [-0.3, -0.25) is 0 Å². The third kappa shape index (κ3) is 4.25. The Balaban J connectivity index is 0.000000557. The lowest BCUT2D eigenvalue weighted by atomic mass is 9.52. The second-order valence-electron chi connectivity index (χ2n) is 8.99. The lowest BCUT2D eigenvalue weighted by Gasteiger charge is -2.53. The molecule has 3 saturated carbocycles. The van der Waals surface area contributed by atoms with Crippen LogP contribution in [0.15, 0.2) is 11.6 Å². The van der Waals surface area contributed by atoms with Gasteiger partial charge < -0.3 is 0 Å². The molecule has 7 atom stereocenters. The number of rotatable bonds is 2. The molecule has 0 heterocycles. The Morgan fingerprint density at radius 1 is 1.19 bits per heavy atom. The Labute approximate surface area is 168 Å². The van der Waals surface area contributed by atoms with Crippen molar-refractivity contribution < 1.29 is 1.43 Å². The van der Waals surface area contributed by atoms with Crippen LogP contribution in [0.3, 0.4) is 0 Å². The van der Waals surface area contributed by atoms with Gasteiger partial charge in [0, 0.05) is 1.43 Å². The van der Waals surface area contributed by atoms with Gasteiger partial charge in [0.15, 0.2) is 0 Å². The van der Waals surface area contributed by atoms with Crippen molar-refractivity contribution in [2.45, 2.75) is 91.9 Å². The van der Waals surface area contributed by atoms with Gasteiger partial charge in [-0.2, -0.15) is 0 Å². The van der Waals surface area contributed by atoms with Crippen LogP contribution in [-0.4, -0.2) is 6.16 Å². The number of terminal acetylenes is 1. The van der Waals surface area contributed by atoms with Gasteiger partial charge in [-0.15, -0.1) is 21.6 Å². The van der Waals surface area contributed by atoms with Crippen LogP contribution < -0.4 is 0 Å². The van der Waals surface area contributed by atoms with Crippen molar-refractivity contribution >= 4 is 9.24 Å². The Hall–Kier alpha value is -0.270. The van der Waals surface area contributed by atoms with Gasteiger partial charge in [-0.05, 0) is 106 Å². The fraction of sp³-hybridized carbons (Fsp3) is 0.840. The minimum atomic E-state index is 0. The average Bonchev–Trinajstić information content (AvgIpc) is 3.01. The maximum atomic E-state index is 4.60. The Kier molecular flexibility index (Phi) is 8.74. The van der Waals surface area contributed by atoms with Crippen molar-refractivity contribution in [3.8, 4) is 12.3 Å².